The number of alkyl halides is 6. The third kappa shape index (κ3) is 35.1. The molecule has 17 rings (SSSR count). The minimum atomic E-state index is -1.71. The summed E-state index contributed by atoms with van der Waals surface area (Å²) in [4.78, 5) is 176. The van der Waals surface area contributed by atoms with Gasteiger partial charge in [0.2, 0.25) is 62.8 Å². The summed E-state index contributed by atoms with van der Waals surface area (Å²) in [6, 6.07) is 16.3. The van der Waals surface area contributed by atoms with Crippen LogP contribution in [0.25, 0.3) is 44.1 Å². The van der Waals surface area contributed by atoms with Crippen molar-refractivity contribution in [2.45, 2.75) is 166 Å². The number of methoxy groups -OCH3 is 1. The fourth-order valence-electron chi connectivity index (χ4n) is 15.2. The number of aliphatic carboxylic acids is 1. The summed E-state index contributed by atoms with van der Waals surface area (Å²) < 4.78 is 0.969. The van der Waals surface area contributed by atoms with Crippen LogP contribution >= 0.6 is 209 Å². The summed E-state index contributed by atoms with van der Waals surface area (Å²) in [5.41, 5.74) is 32.9. The molecule has 6 fully saturated rings. The van der Waals surface area contributed by atoms with Crippen molar-refractivity contribution < 1.29 is 72.5 Å². The van der Waals surface area contributed by atoms with Gasteiger partial charge in [0.05, 0.1) is 114 Å². The molecule has 3 saturated heterocycles. The van der Waals surface area contributed by atoms with E-state index in [9.17, 15) is 62.8 Å². The van der Waals surface area contributed by atoms with Crippen molar-refractivity contribution in [3.8, 4) is 6.07 Å². The molecule has 10 amide bonds. The van der Waals surface area contributed by atoms with Crippen LogP contribution in [0.5, 0.6) is 0 Å². The normalized spacial score (nSPS) is 17.2. The number of aromatic nitrogens is 8. The number of aromatic amines is 4. The molecule has 4 aliphatic heterocycles. The second-order valence-electron chi connectivity index (χ2n) is 34.9. The Balaban J connectivity index is 0.000000182. The molecule has 57 heteroatoms. The Kier molecular flexibility index (Phi) is 44.8. The number of hydrogen-bond donors (Lipinski definition) is 20. The van der Waals surface area contributed by atoms with Gasteiger partial charge in [-0.25, -0.2) is 34.5 Å². The van der Waals surface area contributed by atoms with Crippen LogP contribution in [0, 0.1) is 52.2 Å². The number of nitrogens with two attached hydrogens (primary N) is 5. The van der Waals surface area contributed by atoms with E-state index in [0.29, 0.717) is 203 Å². The predicted molar refractivity (Wildman–Crippen MR) is 579 cm³/mol. The first-order valence-electron chi connectivity index (χ1n) is 45.5. The van der Waals surface area contributed by atoms with E-state index in [2.05, 4.69) is 98.2 Å². The van der Waals surface area contributed by atoms with E-state index in [1.54, 1.807) is 72.8 Å². The minimum absolute atomic E-state index is 0.00990. The molecule has 25 N–H and O–H groups in total. The van der Waals surface area contributed by atoms with Crippen molar-refractivity contribution in [3.05, 3.63) is 162 Å². The quantitative estimate of drug-likeness (QED) is 0.0104. The van der Waals surface area contributed by atoms with Gasteiger partial charge in [-0.05, 0) is 168 Å². The number of piperidine rings is 3. The zero-order chi connectivity index (χ0) is 110. The summed E-state index contributed by atoms with van der Waals surface area (Å²) in [5, 5.41) is 60.3. The van der Waals surface area contributed by atoms with Gasteiger partial charge in [0, 0.05) is 54.4 Å². The van der Waals surface area contributed by atoms with Gasteiger partial charge in [0.25, 0.3) is 15.6 Å². The highest BCUT2D eigenvalue weighted by Crippen LogP contribution is 2.43. The number of nitrogens with zero attached hydrogens (tertiary/aromatic N) is 6. The summed E-state index contributed by atoms with van der Waals surface area (Å²) in [6.45, 7) is 1.89. The molecule has 10 aromatic rings. The number of benzene rings is 6. The first-order chi connectivity index (χ1) is 70.2. The van der Waals surface area contributed by atoms with Gasteiger partial charge in [-0.15, -0.1) is 0 Å². The number of hydrogen-bond acceptors (Lipinski definition) is 23. The molecular formula is C92H96Cl18N24O15. The number of carbonyl (C=O) groups excluding carboxylic acids is 10. The number of carbonyl (C=O) groups is 12. The number of imidazole rings is 4. The number of nitriles is 1. The number of primary amides is 2. The van der Waals surface area contributed by atoms with Gasteiger partial charge in [-0.2, -0.15) is 5.26 Å². The van der Waals surface area contributed by atoms with Crippen LogP contribution in [0.4, 0.5) is 17.1 Å². The van der Waals surface area contributed by atoms with E-state index in [1.165, 1.54) is 7.11 Å². The second-order valence-corrected chi connectivity index (χ2v) is 44.3. The number of carboxylic acid groups (broad SMARTS) is 2. The van der Waals surface area contributed by atoms with E-state index in [0.717, 1.165) is 57.8 Å². The lowest BCUT2D eigenvalue weighted by Crippen LogP contribution is -2.54. The molecular weight excluding hydrogens is 2320 g/mol. The molecule has 8 heterocycles. The zero-order valence-corrected chi connectivity index (χ0v) is 91.6. The van der Waals surface area contributed by atoms with Gasteiger partial charge >= 0.3 is 11.9 Å². The number of carboxylic acids is 2. The van der Waals surface area contributed by atoms with E-state index in [1.807, 2.05) is 0 Å². The summed E-state index contributed by atoms with van der Waals surface area (Å²) >= 11 is 104. The maximum Gasteiger partial charge on any atom is 0.371 e. The van der Waals surface area contributed by atoms with Gasteiger partial charge in [-0.3, -0.25) is 53.4 Å². The van der Waals surface area contributed by atoms with Crippen molar-refractivity contribution in [3.63, 3.8) is 0 Å². The maximum absolute atomic E-state index is 13.1. The largest absolute Gasteiger partial charge is 0.481 e. The first kappa shape index (κ1) is 121. The molecule has 149 heavy (non-hydrogen) atoms. The fourth-order valence-corrected chi connectivity index (χ4v) is 18.1. The third-order valence-corrected chi connectivity index (χ3v) is 28.5. The van der Waals surface area contributed by atoms with Crippen molar-refractivity contribution in [1.29, 1.82) is 10.7 Å². The van der Waals surface area contributed by atoms with Gasteiger partial charge in [-0.1, -0.05) is 247 Å². The first-order valence-corrected chi connectivity index (χ1v) is 52.3. The summed E-state index contributed by atoms with van der Waals surface area (Å²) in [6.07, 6.45) is 13.0. The maximum atomic E-state index is 13.1. The fraction of sp³-hybridized carbons (Fsp3) is 0.402. The van der Waals surface area contributed by atoms with Gasteiger partial charge < -0.3 is 106 Å². The molecule has 0 bridgehead atoms. The van der Waals surface area contributed by atoms with Crippen LogP contribution in [0.3, 0.4) is 0 Å². The topological polar surface area (TPSA) is 656 Å². The number of rotatable bonds is 26. The predicted octanol–water partition coefficient (Wildman–Crippen LogP) is 17.5. The summed E-state index contributed by atoms with van der Waals surface area (Å²) in [5.74, 6) is -6.63. The van der Waals surface area contributed by atoms with E-state index in [4.69, 9.17) is 253 Å². The number of aliphatic imine (C=N–C) groups is 1. The zero-order valence-electron chi connectivity index (χ0n) is 78.0. The van der Waals surface area contributed by atoms with Gasteiger partial charge in [0.1, 0.15) is 58.0 Å². The summed E-state index contributed by atoms with van der Waals surface area (Å²) in [7, 11) is 1.27. The highest BCUT2D eigenvalue weighted by atomic mass is 35.6. The lowest BCUT2D eigenvalue weighted by atomic mass is 9.91. The average molecular weight is 2420 g/mol. The van der Waals surface area contributed by atoms with E-state index in [-0.39, 0.29) is 96.1 Å². The van der Waals surface area contributed by atoms with Crippen LogP contribution < -0.4 is 71.2 Å². The Hall–Kier alpha value is -9.75. The second kappa shape index (κ2) is 55.2. The Morgan fingerprint density at radius 2 is 0.785 bits per heavy atom. The number of anilines is 2. The molecule has 0 unspecified atom stereocenters. The van der Waals surface area contributed by atoms with E-state index >= 15 is 0 Å². The Morgan fingerprint density at radius 1 is 0.443 bits per heavy atom. The number of nitrogens with one attached hydrogen (secondary N) is 13. The van der Waals surface area contributed by atoms with Crippen molar-refractivity contribution in [1.82, 2.24) is 82.4 Å². The Bertz CT molecular complexity index is 6580. The highest BCUT2D eigenvalue weighted by Gasteiger charge is 2.40. The van der Waals surface area contributed by atoms with Crippen molar-refractivity contribution in [2.75, 3.05) is 38.2 Å². The van der Waals surface area contributed by atoms with Crippen LogP contribution in [0.15, 0.2) is 77.8 Å². The molecule has 39 nitrogen and oxygen atoms in total. The molecule has 800 valence electrons. The van der Waals surface area contributed by atoms with Crippen LogP contribution in [-0.4, -0.2) is 199 Å². The monoisotopic (exact) mass is 2410 g/mol. The number of ether oxygens (including phenoxy) is 1. The standard InChI is InChI=1S/C22H26Cl2N6O4.C22H24Cl2N6O3.C14H24N4O3.C9H5Cl2NO2.C8H3Cl5N2.C8H4Cl2N2O2.C6H6Cl2N2.C3H4Cl3NO/c23-12-5-6-13(24)17-16(12)29-19(30-17)22(34)28-15(8-10-3-4-10)21(33)27-14(18(25)31)9-11-2-1-7-26-20(11)32;23-14-5-6-15(24)18-17(14)29-19(30-18)22(33)28-16(8-11-3-4-11)21(32)27-13(10-25)9-12-2-1-7-26-20(12)31;15-10(6-8-3-4-8)14(21)18-11(12(16)19)7-9-2-1-5-17-13(9)20;10-5-1-2-6(11)8-4(5)3-7(12-8)9(13)14;9-3-1-2-4(10)6-5(3)14-7(15-6)8(11,12)13;9-3-1-2-4(10)6-5(3)11-7(12-6)8(13)14;7-3-1-2-4(8)6(10)5(3)9;1-8-2(7)3(4,5)6/h5-6,10-11,14-15H,1-4,7-9H2,(H2,25,31)(H,26,32)(H,27,33)(H,28,34)(H,29,30);5-6,11-13,16H,1-4,7-9H2,(H,26,31)(H,27,32)(H,28,33)(H,29,30);8-11H,1-7,15H2,(H2,16,19)(H,17,20)(H,18,21);1-2H,3H2,(H,13,14);1-2H,(H,14,15);1-2H,(H,11,12)(H,13,14);1-2H,9-10H2;7H,1H3/t11-,14-,15-;12-,13-,16-;9-,10-,11-;;;;;/m000...../s1. The minimum Gasteiger partial charge on any atom is -0.481 e. The third-order valence-electron chi connectivity index (χ3n) is 23.7. The highest BCUT2D eigenvalue weighted by molar-refractivity contribution is 6.76. The number of fused-ring (bicyclic) bond motifs is 5. The molecule has 9 atom stereocenters. The molecule has 0 spiro atoms. The van der Waals surface area contributed by atoms with Crippen molar-refractivity contribution in [2.24, 2.45) is 57.7 Å². The van der Waals surface area contributed by atoms with Crippen LogP contribution in [0.2, 0.25) is 60.3 Å². The number of H-pyrrole nitrogens is 4. The lowest BCUT2D eigenvalue weighted by molar-refractivity contribution is -0.131. The smallest absolute Gasteiger partial charge is 0.371 e. The molecule has 6 aromatic carbocycles. The molecule has 3 aliphatic carbocycles. The molecule has 3 saturated carbocycles. The average Bonchev–Trinajstić information content (AvgIpc) is 1.61. The van der Waals surface area contributed by atoms with Crippen LogP contribution in [0.1, 0.15) is 159 Å². The molecule has 4 aromatic heterocycles. The Morgan fingerprint density at radius 3 is 1.12 bits per heavy atom. The molecule has 7 aliphatic rings. The van der Waals surface area contributed by atoms with Crippen LogP contribution in [-0.2, 0) is 58.1 Å². The number of nitrogen functional groups attached to an aromatic ring is 2. The lowest BCUT2D eigenvalue weighted by Gasteiger charge is -2.26. The Labute approximate surface area is 939 Å². The van der Waals surface area contributed by atoms with E-state index < -0.39 is 97.1 Å². The number of amides is 10. The number of halogens is 18. The number of aromatic carboxylic acids is 1. The van der Waals surface area contributed by atoms with Crippen molar-refractivity contribution >= 4 is 353 Å². The molecule has 0 radical (unpaired) electrons. The SMILES string of the molecule is COC(=N)C(Cl)(Cl)Cl.Clc1ccc(Cl)c2[nH]c(C(Cl)(Cl)Cl)nc12.N#C[C@H](C[C@@H]1CCCNC1=O)NC(=O)[C@H](CC1CC1)NC(=O)c1nc2c(Cl)ccc(Cl)c2[nH]1.NC(=O)[C@H](C[C@@H]1CCCNC1=O)NC(=O)[C@@H](N)CC1CC1.NC(=O)[C@H](C[C@@H]1CCCNC1=O)NC(=O)[C@H](CC1CC1)NC(=O)c1nc2c(Cl)ccc(Cl)c2[nH]1.Nc1c(Cl)ccc(Cl)c1N.O=C(O)C1=Nc2c(Cl)ccc(Cl)c2C1.O=C(O)c1nc2c(Cl)ccc(Cl)c2[nH]1. The van der Waals surface area contributed by atoms with Gasteiger partial charge in [0.15, 0.2) is 17.5 Å².